The minimum Gasteiger partial charge on any atom is -0.492 e. The van der Waals surface area contributed by atoms with Gasteiger partial charge in [-0.2, -0.15) is 0 Å². The van der Waals surface area contributed by atoms with Gasteiger partial charge in [0.25, 0.3) is 5.91 Å². The van der Waals surface area contributed by atoms with Crippen molar-refractivity contribution < 1.29 is 27.1 Å². The van der Waals surface area contributed by atoms with Crippen LogP contribution in [0.1, 0.15) is 30.0 Å². The quantitative estimate of drug-likeness (QED) is 0.536. The summed E-state index contributed by atoms with van der Waals surface area (Å²) >= 11 is 0. The van der Waals surface area contributed by atoms with Gasteiger partial charge in [-0.1, -0.05) is 18.2 Å². The highest BCUT2D eigenvalue weighted by Gasteiger charge is 2.25. The molecule has 8 nitrogen and oxygen atoms in total. The molecule has 0 saturated carbocycles. The molecule has 1 heterocycles. The summed E-state index contributed by atoms with van der Waals surface area (Å²) in [6, 6.07) is 11.8. The van der Waals surface area contributed by atoms with Gasteiger partial charge >= 0.3 is 0 Å². The van der Waals surface area contributed by atoms with Gasteiger partial charge in [0, 0.05) is 37.3 Å². The molecule has 166 valence electrons. The van der Waals surface area contributed by atoms with Gasteiger partial charge in [0.2, 0.25) is 10.0 Å². The number of para-hydroxylation sites is 1. The van der Waals surface area contributed by atoms with E-state index in [0.29, 0.717) is 30.0 Å². The second-order valence-electron chi connectivity index (χ2n) is 6.88. The van der Waals surface area contributed by atoms with Crippen molar-refractivity contribution in [3.63, 3.8) is 0 Å². The zero-order valence-electron chi connectivity index (χ0n) is 18.0. The Bertz CT molecular complexity index is 1180. The fourth-order valence-electron chi connectivity index (χ4n) is 3.08. The van der Waals surface area contributed by atoms with E-state index in [0.717, 1.165) is 9.69 Å². The predicted molar refractivity (Wildman–Crippen MR) is 118 cm³/mol. The first-order valence-corrected chi connectivity index (χ1v) is 11.3. The van der Waals surface area contributed by atoms with Gasteiger partial charge in [0.1, 0.15) is 16.2 Å². The summed E-state index contributed by atoms with van der Waals surface area (Å²) in [5.41, 5.74) is 1.52. The molecule has 1 N–H and O–H groups in total. The van der Waals surface area contributed by atoms with Crippen LogP contribution in [0.2, 0.25) is 0 Å². The van der Waals surface area contributed by atoms with Crippen LogP contribution in [0.3, 0.4) is 0 Å². The van der Waals surface area contributed by atoms with Crippen LogP contribution in [0.4, 0.5) is 5.69 Å². The zero-order chi connectivity index (χ0) is 22.6. The molecule has 0 atom stereocenters. The number of nitrogens with zero attached hydrogens (tertiary/aromatic N) is 1. The summed E-state index contributed by atoms with van der Waals surface area (Å²) in [6.07, 6.45) is 0. The Labute approximate surface area is 181 Å². The van der Waals surface area contributed by atoms with Gasteiger partial charge < -0.3 is 19.2 Å². The minimum absolute atomic E-state index is 0.0312. The number of hydrogen-bond donors (Lipinski definition) is 1. The molecule has 0 saturated heterocycles. The number of rotatable bonds is 9. The standard InChI is InChI=1S/C22H26N2O6S/c1-5-28-14-17-16-9-7-8-10-18(16)30-21(17)22(25)23-15-11-12-19(29-6-2)20(13-15)31(26,27)24(3)4/h7-13H,5-6,14H2,1-4H3,(H,23,25). The number of hydrogen-bond acceptors (Lipinski definition) is 6. The van der Waals surface area contributed by atoms with Crippen LogP contribution >= 0.6 is 0 Å². The number of furan rings is 1. The molecule has 0 unspecified atom stereocenters. The maximum atomic E-state index is 13.0. The van der Waals surface area contributed by atoms with Crippen molar-refractivity contribution in [2.45, 2.75) is 25.3 Å². The molecule has 1 aromatic heterocycles. The summed E-state index contributed by atoms with van der Waals surface area (Å²) < 4.78 is 43.3. The fourth-order valence-corrected chi connectivity index (χ4v) is 4.13. The van der Waals surface area contributed by atoms with Crippen molar-refractivity contribution in [1.82, 2.24) is 4.31 Å². The number of amides is 1. The third kappa shape index (κ3) is 4.73. The van der Waals surface area contributed by atoms with E-state index < -0.39 is 15.9 Å². The lowest BCUT2D eigenvalue weighted by molar-refractivity contribution is 0.0984. The maximum Gasteiger partial charge on any atom is 0.291 e. The fraction of sp³-hybridized carbons (Fsp3) is 0.318. The lowest BCUT2D eigenvalue weighted by Gasteiger charge is -2.16. The first-order chi connectivity index (χ1) is 14.8. The number of ether oxygens (including phenoxy) is 2. The Morgan fingerprint density at radius 3 is 2.52 bits per heavy atom. The number of sulfonamides is 1. The van der Waals surface area contributed by atoms with Crippen molar-refractivity contribution >= 4 is 32.6 Å². The molecule has 0 aliphatic heterocycles. The summed E-state index contributed by atoms with van der Waals surface area (Å²) in [6.45, 7) is 4.66. The highest BCUT2D eigenvalue weighted by Crippen LogP contribution is 2.31. The minimum atomic E-state index is -3.78. The Kier molecular flexibility index (Phi) is 6.99. The first-order valence-electron chi connectivity index (χ1n) is 9.88. The van der Waals surface area contributed by atoms with Crippen molar-refractivity contribution in [1.29, 1.82) is 0 Å². The van der Waals surface area contributed by atoms with E-state index in [1.807, 2.05) is 25.1 Å². The van der Waals surface area contributed by atoms with Crippen LogP contribution in [0, 0.1) is 0 Å². The Morgan fingerprint density at radius 2 is 1.84 bits per heavy atom. The van der Waals surface area contributed by atoms with Crippen molar-refractivity contribution in [3.05, 3.63) is 53.8 Å². The lowest BCUT2D eigenvalue weighted by Crippen LogP contribution is -2.23. The van der Waals surface area contributed by atoms with Crippen LogP contribution in [0.15, 0.2) is 51.8 Å². The highest BCUT2D eigenvalue weighted by atomic mass is 32.2. The van der Waals surface area contributed by atoms with Crippen LogP contribution in [0.25, 0.3) is 11.0 Å². The second-order valence-corrected chi connectivity index (χ2v) is 9.00. The van der Waals surface area contributed by atoms with E-state index in [9.17, 15) is 13.2 Å². The van der Waals surface area contributed by atoms with Gasteiger partial charge in [-0.15, -0.1) is 0 Å². The van der Waals surface area contributed by atoms with Crippen LogP contribution in [-0.4, -0.2) is 45.9 Å². The van der Waals surface area contributed by atoms with Crippen molar-refractivity contribution in [2.24, 2.45) is 0 Å². The van der Waals surface area contributed by atoms with Gasteiger partial charge in [-0.05, 0) is 38.1 Å². The highest BCUT2D eigenvalue weighted by molar-refractivity contribution is 7.89. The average molecular weight is 447 g/mol. The Balaban J connectivity index is 1.99. The van der Waals surface area contributed by atoms with Gasteiger partial charge in [0.15, 0.2) is 5.76 Å². The number of carbonyl (C=O) groups excluding carboxylic acids is 1. The Morgan fingerprint density at radius 1 is 1.10 bits per heavy atom. The molecule has 3 aromatic rings. The first kappa shape index (κ1) is 22.8. The van der Waals surface area contributed by atoms with E-state index in [2.05, 4.69) is 5.32 Å². The average Bonchev–Trinajstić information content (AvgIpc) is 3.12. The second kappa shape index (κ2) is 9.51. The Hall–Kier alpha value is -2.88. The molecule has 0 aliphatic rings. The number of anilines is 1. The molecule has 31 heavy (non-hydrogen) atoms. The zero-order valence-corrected chi connectivity index (χ0v) is 18.8. The summed E-state index contributed by atoms with van der Waals surface area (Å²) in [5.74, 6) is -0.154. The molecule has 3 rings (SSSR count). The largest absolute Gasteiger partial charge is 0.492 e. The maximum absolute atomic E-state index is 13.0. The molecular formula is C22H26N2O6S. The summed E-state index contributed by atoms with van der Waals surface area (Å²) in [7, 11) is -0.909. The topological polar surface area (TPSA) is 98.1 Å². The van der Waals surface area contributed by atoms with E-state index in [1.54, 1.807) is 19.1 Å². The molecule has 0 fully saturated rings. The molecule has 2 aromatic carbocycles. The molecule has 0 bridgehead atoms. The van der Waals surface area contributed by atoms with E-state index in [-0.39, 0.29) is 23.0 Å². The number of carbonyl (C=O) groups is 1. The van der Waals surface area contributed by atoms with Gasteiger partial charge in [-0.25, -0.2) is 12.7 Å². The van der Waals surface area contributed by atoms with Crippen LogP contribution in [-0.2, 0) is 21.4 Å². The molecule has 0 aliphatic carbocycles. The van der Waals surface area contributed by atoms with Crippen molar-refractivity contribution in [2.75, 3.05) is 32.6 Å². The summed E-state index contributed by atoms with van der Waals surface area (Å²) in [4.78, 5) is 13.0. The monoisotopic (exact) mass is 446 g/mol. The lowest BCUT2D eigenvalue weighted by atomic mass is 10.1. The molecular weight excluding hydrogens is 420 g/mol. The van der Waals surface area contributed by atoms with Gasteiger partial charge in [0.05, 0.1) is 13.2 Å². The van der Waals surface area contributed by atoms with Gasteiger partial charge in [-0.3, -0.25) is 4.79 Å². The van der Waals surface area contributed by atoms with Crippen LogP contribution in [0.5, 0.6) is 5.75 Å². The molecule has 9 heteroatoms. The predicted octanol–water partition coefficient (Wildman–Crippen LogP) is 3.87. The van der Waals surface area contributed by atoms with E-state index >= 15 is 0 Å². The molecule has 0 spiro atoms. The van der Waals surface area contributed by atoms with E-state index in [4.69, 9.17) is 13.9 Å². The third-order valence-corrected chi connectivity index (χ3v) is 6.45. The molecule has 1 amide bonds. The smallest absolute Gasteiger partial charge is 0.291 e. The number of benzene rings is 2. The van der Waals surface area contributed by atoms with E-state index in [1.165, 1.54) is 26.2 Å². The summed E-state index contributed by atoms with van der Waals surface area (Å²) in [5, 5.41) is 3.53. The SMILES string of the molecule is CCOCc1c(C(=O)Nc2ccc(OCC)c(S(=O)(=O)N(C)C)c2)oc2ccccc12. The van der Waals surface area contributed by atoms with Crippen molar-refractivity contribution in [3.8, 4) is 5.75 Å². The van der Waals surface area contributed by atoms with Crippen LogP contribution < -0.4 is 10.1 Å². The number of fused-ring (bicyclic) bond motifs is 1. The molecule has 0 radical (unpaired) electrons. The number of nitrogens with one attached hydrogen (secondary N) is 1. The normalized spacial score (nSPS) is 11.8. The third-order valence-electron chi connectivity index (χ3n) is 4.62.